The third-order valence-corrected chi connectivity index (χ3v) is 19.8. The van der Waals surface area contributed by atoms with Gasteiger partial charge >= 0.3 is 0 Å². The van der Waals surface area contributed by atoms with Crippen LogP contribution in [0.3, 0.4) is 0 Å². The third-order valence-electron chi connectivity index (χ3n) is 19.8. The van der Waals surface area contributed by atoms with Crippen LogP contribution in [0.25, 0.3) is 0 Å². The van der Waals surface area contributed by atoms with E-state index in [-0.39, 0.29) is 34.5 Å². The predicted octanol–water partition coefficient (Wildman–Crippen LogP) is 20.4. The zero-order valence-corrected chi connectivity index (χ0v) is 50.9. The Morgan fingerprint density at radius 2 is 0.639 bits per heavy atom. The van der Waals surface area contributed by atoms with E-state index >= 15 is 0 Å². The fraction of sp³-hybridized carbons (Fsp3) is 0.662. The number of methoxy groups -OCH3 is 1. The summed E-state index contributed by atoms with van der Waals surface area (Å²) in [6, 6.07) is 8.71. The lowest BCUT2D eigenvalue weighted by molar-refractivity contribution is 0.127. The molecule has 0 N–H and O–H groups in total. The number of hydrogen-bond acceptors (Lipinski definition) is 6. The highest BCUT2D eigenvalue weighted by molar-refractivity contribution is 5.37. The Labute approximate surface area is 494 Å². The molecule has 6 saturated carbocycles. The highest BCUT2D eigenvalue weighted by Gasteiger charge is 2.34. The molecule has 9 rings (SSSR count). The highest BCUT2D eigenvalue weighted by Crippen LogP contribution is 2.45. The molecule has 12 heteroatoms. The molecule has 0 aliphatic heterocycles. The highest BCUT2D eigenvalue weighted by atomic mass is 19.2. The Bertz CT molecular complexity index is 2430. The van der Waals surface area contributed by atoms with Gasteiger partial charge in [-0.3, -0.25) is 0 Å². The molecule has 6 nitrogen and oxygen atoms in total. The van der Waals surface area contributed by atoms with E-state index in [0.29, 0.717) is 50.8 Å². The minimum atomic E-state index is -0.979. The first-order chi connectivity index (χ1) is 40.4. The summed E-state index contributed by atoms with van der Waals surface area (Å²) in [5.41, 5.74) is 0. The van der Waals surface area contributed by atoms with Gasteiger partial charge in [-0.15, -0.1) is 6.58 Å². The van der Waals surface area contributed by atoms with Crippen LogP contribution in [0.1, 0.15) is 188 Å². The summed E-state index contributed by atoms with van der Waals surface area (Å²) in [5.74, 6) is 2.73. The largest absolute Gasteiger partial charge is 0.494 e. The van der Waals surface area contributed by atoms with E-state index in [0.717, 1.165) is 98.2 Å². The molecule has 0 bridgehead atoms. The number of ether oxygens (including phenoxy) is 6. The molecule has 0 radical (unpaired) electrons. The Morgan fingerprint density at radius 1 is 0.373 bits per heavy atom. The molecule has 0 atom stereocenters. The lowest BCUT2D eigenvalue weighted by Gasteiger charge is -2.37. The van der Waals surface area contributed by atoms with Crippen LogP contribution >= 0.6 is 0 Å². The second kappa shape index (κ2) is 34.4. The van der Waals surface area contributed by atoms with Crippen molar-refractivity contribution < 1.29 is 54.8 Å². The van der Waals surface area contributed by atoms with E-state index in [1.54, 1.807) is 6.92 Å². The number of allylic oxidation sites excluding steroid dienone is 5. The quantitative estimate of drug-likeness (QED) is 0.0783. The van der Waals surface area contributed by atoms with E-state index in [1.807, 2.05) is 6.92 Å². The summed E-state index contributed by atoms with van der Waals surface area (Å²) in [4.78, 5) is 0. The first-order valence-electron chi connectivity index (χ1n) is 32.4. The van der Waals surface area contributed by atoms with Crippen molar-refractivity contribution in [1.29, 1.82) is 0 Å². The molecule has 0 unspecified atom stereocenters. The van der Waals surface area contributed by atoms with E-state index in [2.05, 4.69) is 50.8 Å². The van der Waals surface area contributed by atoms with Gasteiger partial charge in [-0.05, 0) is 289 Å². The van der Waals surface area contributed by atoms with Crippen molar-refractivity contribution in [2.45, 2.75) is 188 Å². The second-order valence-electron chi connectivity index (χ2n) is 25.1. The number of halogens is 6. The van der Waals surface area contributed by atoms with Crippen molar-refractivity contribution in [3.8, 4) is 34.5 Å². The van der Waals surface area contributed by atoms with Crippen LogP contribution in [-0.4, -0.2) is 40.1 Å². The average molecular weight is 1160 g/mol. The average Bonchev–Trinajstić information content (AvgIpc) is 3.57. The maximum atomic E-state index is 14.2. The summed E-state index contributed by atoms with van der Waals surface area (Å²) < 4.78 is 116. The molecule has 0 spiro atoms. The van der Waals surface area contributed by atoms with Crippen molar-refractivity contribution in [2.75, 3.05) is 40.1 Å². The fourth-order valence-electron chi connectivity index (χ4n) is 14.7. The summed E-state index contributed by atoms with van der Waals surface area (Å²) in [6.07, 6.45) is 42.2. The molecule has 83 heavy (non-hydrogen) atoms. The lowest BCUT2D eigenvalue weighted by atomic mass is 9.69. The normalized spacial score (nSPS) is 28.5. The van der Waals surface area contributed by atoms with Crippen molar-refractivity contribution in [1.82, 2.24) is 0 Å². The van der Waals surface area contributed by atoms with Gasteiger partial charge in [0.05, 0.1) is 40.1 Å². The van der Waals surface area contributed by atoms with Gasteiger partial charge in [0, 0.05) is 0 Å². The van der Waals surface area contributed by atoms with Crippen LogP contribution in [-0.2, 0) is 0 Å². The zero-order chi connectivity index (χ0) is 59.1. The molecule has 3 aromatic carbocycles. The van der Waals surface area contributed by atoms with Crippen LogP contribution in [0.4, 0.5) is 26.3 Å². The molecular formula is C71H100F6O6. The minimum absolute atomic E-state index is 0.00813. The van der Waals surface area contributed by atoms with Gasteiger partial charge in [-0.2, -0.15) is 26.3 Å². The molecule has 0 aromatic heterocycles. The van der Waals surface area contributed by atoms with Gasteiger partial charge < -0.3 is 28.4 Å². The predicted molar refractivity (Wildman–Crippen MR) is 322 cm³/mol. The van der Waals surface area contributed by atoms with Crippen molar-refractivity contribution in [3.05, 3.63) is 108 Å². The summed E-state index contributed by atoms with van der Waals surface area (Å²) in [7, 11) is 1.32. The Morgan fingerprint density at radius 3 is 0.916 bits per heavy atom. The van der Waals surface area contributed by atoms with Crippen LogP contribution < -0.4 is 28.4 Å². The van der Waals surface area contributed by atoms with E-state index in [9.17, 15) is 26.3 Å². The third kappa shape index (κ3) is 19.4. The second-order valence-corrected chi connectivity index (χ2v) is 25.1. The molecule has 462 valence electrons. The Balaban J connectivity index is 0.000000179. The van der Waals surface area contributed by atoms with E-state index in [1.165, 1.54) is 159 Å². The van der Waals surface area contributed by atoms with Crippen molar-refractivity contribution in [3.63, 3.8) is 0 Å². The molecule has 0 heterocycles. The van der Waals surface area contributed by atoms with Crippen molar-refractivity contribution in [2.24, 2.45) is 71.0 Å². The van der Waals surface area contributed by atoms with E-state index < -0.39 is 34.9 Å². The molecule has 6 fully saturated rings. The molecule has 6 aliphatic carbocycles. The van der Waals surface area contributed by atoms with Gasteiger partial charge in [0.15, 0.2) is 34.5 Å². The molecule has 3 aromatic rings. The standard InChI is InChI=1S/2C24H34F2O2.C23H32F2O2/c1-3-15-27-21-13-14-22(24(26)23(21)25)28-16-18-7-11-20(12-8-18)19-9-5-17(4-2)6-10-19;1-3-5-17-6-10-19(11-7-17)20-12-8-18(9-13-20)16-28-22-15-14-21(27-4-2)23(25)24(22)26;1-3-4-16-5-9-18(10-6-16)19-11-7-17(8-12-19)15-27-21-14-13-20(26-2)22(24)23(21)25/h4,13-14,17-20H,2-3,5-12,15-16H2,1H3;3,5,14-15,17-20H,4,6-13,16H2,1-2H3;3-4,13-14,16-19H,5-12,15H2,1-2H3/b;5-3+;4-3+. The SMILES string of the molecule is C/C=C/C1CCC(C2CCC(COc3ccc(OC)c(F)c3F)CC2)CC1.C/C=C/C1CCC(C2CCC(COc3ccc(OCC)c(F)c3F)CC2)CC1.C=CC1CCC(C2CCC(COc3ccc(OCCC)c(F)c3F)CC2)CC1. The van der Waals surface area contributed by atoms with Gasteiger partial charge in [-0.25, -0.2) is 0 Å². The van der Waals surface area contributed by atoms with Crippen LogP contribution in [0.2, 0.25) is 0 Å². The van der Waals surface area contributed by atoms with Crippen LogP contribution in [0.15, 0.2) is 73.4 Å². The number of hydrogen-bond donors (Lipinski definition) is 0. The van der Waals surface area contributed by atoms with E-state index in [4.69, 9.17) is 28.4 Å². The number of rotatable bonds is 21. The first kappa shape index (κ1) is 65.8. The van der Waals surface area contributed by atoms with Crippen molar-refractivity contribution >= 4 is 0 Å². The minimum Gasteiger partial charge on any atom is -0.494 e. The number of benzene rings is 3. The maximum absolute atomic E-state index is 14.2. The monoisotopic (exact) mass is 1160 g/mol. The molecule has 0 amide bonds. The first-order valence-corrected chi connectivity index (χ1v) is 32.4. The Hall–Kier alpha value is -4.74. The summed E-state index contributed by atoms with van der Waals surface area (Å²) in [6.45, 7) is 13.9. The summed E-state index contributed by atoms with van der Waals surface area (Å²) >= 11 is 0. The zero-order valence-electron chi connectivity index (χ0n) is 50.9. The smallest absolute Gasteiger partial charge is 0.204 e. The summed E-state index contributed by atoms with van der Waals surface area (Å²) in [5, 5.41) is 0. The van der Waals surface area contributed by atoms with Gasteiger partial charge in [0.25, 0.3) is 0 Å². The van der Waals surface area contributed by atoms with Crippen LogP contribution in [0, 0.1) is 106 Å². The lowest BCUT2D eigenvalue weighted by Crippen LogP contribution is -2.27. The maximum Gasteiger partial charge on any atom is 0.204 e. The molecule has 0 saturated heterocycles. The fourth-order valence-corrected chi connectivity index (χ4v) is 14.7. The molecular weight excluding hydrogens is 1060 g/mol. The Kier molecular flexibility index (Phi) is 27.3. The van der Waals surface area contributed by atoms with Gasteiger partial charge in [0.2, 0.25) is 34.9 Å². The topological polar surface area (TPSA) is 55.4 Å². The van der Waals surface area contributed by atoms with Crippen LogP contribution in [0.5, 0.6) is 34.5 Å². The van der Waals surface area contributed by atoms with Gasteiger partial charge in [-0.1, -0.05) is 37.3 Å². The van der Waals surface area contributed by atoms with Gasteiger partial charge in [0.1, 0.15) is 0 Å². The molecule has 6 aliphatic rings.